The Hall–Kier alpha value is -2.52. The van der Waals surface area contributed by atoms with Gasteiger partial charge in [0.15, 0.2) is 0 Å². The Labute approximate surface area is 210 Å². The number of amides is 1. The first-order valence-corrected chi connectivity index (χ1v) is 13.8. The number of anilines is 1. The lowest BCUT2D eigenvalue weighted by Crippen LogP contribution is -2.52. The predicted molar refractivity (Wildman–Crippen MR) is 143 cm³/mol. The van der Waals surface area contributed by atoms with E-state index >= 15 is 0 Å². The molecule has 1 N–H and O–H groups in total. The van der Waals surface area contributed by atoms with E-state index in [1.807, 2.05) is 39.0 Å². The summed E-state index contributed by atoms with van der Waals surface area (Å²) in [6, 6.07) is 15.0. The maximum Gasteiger partial charge on any atom is 0.243 e. The van der Waals surface area contributed by atoms with Crippen LogP contribution in [-0.4, -0.2) is 80.3 Å². The van der Waals surface area contributed by atoms with Crippen LogP contribution in [0.25, 0.3) is 6.08 Å². The van der Waals surface area contributed by atoms with Crippen LogP contribution in [0, 0.1) is 6.92 Å². The molecule has 1 amide bonds. The van der Waals surface area contributed by atoms with Crippen LogP contribution in [-0.2, 0) is 14.8 Å². The summed E-state index contributed by atoms with van der Waals surface area (Å²) in [6.45, 7) is 12.4. The van der Waals surface area contributed by atoms with Gasteiger partial charge in [-0.05, 0) is 37.1 Å². The molecule has 3 rings (SSSR count). The first kappa shape index (κ1) is 27.1. The Kier molecular flexibility index (Phi) is 9.63. The third-order valence-electron chi connectivity index (χ3n) is 6.59. The van der Waals surface area contributed by atoms with E-state index in [0.29, 0.717) is 24.3 Å². The molecule has 1 saturated heterocycles. The fraction of sp³-hybridized carbons (Fsp3) is 0.444. The maximum absolute atomic E-state index is 13.0. The number of nitrogens with zero attached hydrogens (tertiary/aromatic N) is 3. The van der Waals surface area contributed by atoms with Gasteiger partial charge in [-0.1, -0.05) is 62.4 Å². The van der Waals surface area contributed by atoms with E-state index in [9.17, 15) is 13.2 Å². The minimum Gasteiger partial charge on any atom is -0.325 e. The maximum atomic E-state index is 13.0. The summed E-state index contributed by atoms with van der Waals surface area (Å²) in [4.78, 5) is 17.8. The van der Waals surface area contributed by atoms with Gasteiger partial charge in [-0.2, -0.15) is 4.31 Å². The smallest absolute Gasteiger partial charge is 0.243 e. The molecule has 2 aromatic carbocycles. The van der Waals surface area contributed by atoms with Crippen LogP contribution in [0.15, 0.2) is 59.5 Å². The second-order valence-electron chi connectivity index (χ2n) is 8.88. The molecular weight excluding hydrogens is 460 g/mol. The van der Waals surface area contributed by atoms with Gasteiger partial charge in [0.1, 0.15) is 0 Å². The number of hydrogen-bond acceptors (Lipinski definition) is 5. The Balaban J connectivity index is 1.56. The van der Waals surface area contributed by atoms with Crippen LogP contribution in [0.3, 0.4) is 0 Å². The predicted octanol–water partition coefficient (Wildman–Crippen LogP) is 3.68. The molecule has 0 radical (unpaired) electrons. The highest BCUT2D eigenvalue weighted by Gasteiger charge is 2.27. The highest BCUT2D eigenvalue weighted by molar-refractivity contribution is 7.89. The van der Waals surface area contributed by atoms with Crippen molar-refractivity contribution < 1.29 is 13.2 Å². The summed E-state index contributed by atoms with van der Waals surface area (Å²) in [5.74, 6) is -0.127. The molecule has 7 nitrogen and oxygen atoms in total. The number of hydrogen-bond donors (Lipinski definition) is 1. The summed E-state index contributed by atoms with van der Waals surface area (Å²) >= 11 is 0. The van der Waals surface area contributed by atoms with Crippen molar-refractivity contribution in [3.05, 3.63) is 65.7 Å². The second kappa shape index (κ2) is 12.4. The molecule has 1 heterocycles. The molecule has 2 aromatic rings. The molecule has 0 saturated carbocycles. The van der Waals surface area contributed by atoms with Gasteiger partial charge >= 0.3 is 0 Å². The van der Waals surface area contributed by atoms with Gasteiger partial charge in [0.2, 0.25) is 15.9 Å². The van der Waals surface area contributed by atoms with Crippen molar-refractivity contribution in [3.63, 3.8) is 0 Å². The Morgan fingerprint density at radius 2 is 1.71 bits per heavy atom. The lowest BCUT2D eigenvalue weighted by atomic mass is 10.2. The van der Waals surface area contributed by atoms with Crippen molar-refractivity contribution in [1.29, 1.82) is 0 Å². The standard InChI is InChI=1S/C27H38N4O3S/c1-5-31(6-2)35(33,34)26-21-25(15-14-22(26)3)28-27(32)23(4)30-19-17-29(18-20-30)16-10-13-24-11-8-7-9-12-24/h7-15,21,23H,5-6,16-20H2,1-4H3,(H,28,32). The molecule has 1 aliphatic heterocycles. The molecule has 1 aliphatic rings. The summed E-state index contributed by atoms with van der Waals surface area (Å²) in [6.07, 6.45) is 4.32. The number of piperazine rings is 1. The molecular formula is C27H38N4O3S. The zero-order valence-corrected chi connectivity index (χ0v) is 22.1. The Morgan fingerprint density at radius 1 is 1.06 bits per heavy atom. The first-order valence-electron chi connectivity index (χ1n) is 12.4. The third-order valence-corrected chi connectivity index (χ3v) is 8.78. The van der Waals surface area contributed by atoms with E-state index in [1.165, 1.54) is 9.87 Å². The fourth-order valence-corrected chi connectivity index (χ4v) is 6.01. The van der Waals surface area contributed by atoms with Crippen LogP contribution in [0.4, 0.5) is 5.69 Å². The van der Waals surface area contributed by atoms with Crippen LogP contribution in [0.1, 0.15) is 31.9 Å². The number of carbonyl (C=O) groups is 1. The summed E-state index contributed by atoms with van der Waals surface area (Å²) in [7, 11) is -3.60. The second-order valence-corrected chi connectivity index (χ2v) is 10.8. The van der Waals surface area contributed by atoms with Crippen molar-refractivity contribution in [2.24, 2.45) is 0 Å². The minimum absolute atomic E-state index is 0.127. The van der Waals surface area contributed by atoms with Crippen LogP contribution < -0.4 is 5.32 Å². The fourth-order valence-electron chi connectivity index (χ4n) is 4.31. The van der Waals surface area contributed by atoms with Gasteiger partial charge in [0.05, 0.1) is 10.9 Å². The molecule has 190 valence electrons. The molecule has 1 fully saturated rings. The van der Waals surface area contributed by atoms with Crippen molar-refractivity contribution in [1.82, 2.24) is 14.1 Å². The highest BCUT2D eigenvalue weighted by atomic mass is 32.2. The van der Waals surface area contributed by atoms with Crippen LogP contribution >= 0.6 is 0 Å². The zero-order valence-electron chi connectivity index (χ0n) is 21.3. The summed E-state index contributed by atoms with van der Waals surface area (Å²) in [5.41, 5.74) is 2.36. The number of carbonyl (C=O) groups excluding carboxylic acids is 1. The van der Waals surface area contributed by atoms with E-state index in [0.717, 1.165) is 32.7 Å². The van der Waals surface area contributed by atoms with Gasteiger partial charge in [-0.3, -0.25) is 14.6 Å². The lowest BCUT2D eigenvalue weighted by Gasteiger charge is -2.37. The number of benzene rings is 2. The summed E-state index contributed by atoms with van der Waals surface area (Å²) in [5, 5.41) is 2.93. The molecule has 35 heavy (non-hydrogen) atoms. The Bertz CT molecular complexity index is 1110. The van der Waals surface area contributed by atoms with Crippen LogP contribution in [0.5, 0.6) is 0 Å². The normalized spacial score (nSPS) is 16.6. The molecule has 0 spiro atoms. The number of rotatable bonds is 10. The van der Waals surface area contributed by atoms with Gasteiger partial charge in [-0.15, -0.1) is 0 Å². The van der Waals surface area contributed by atoms with E-state index in [-0.39, 0.29) is 16.8 Å². The first-order chi connectivity index (χ1) is 16.8. The molecule has 1 atom stereocenters. The highest BCUT2D eigenvalue weighted by Crippen LogP contribution is 2.24. The molecule has 0 aliphatic carbocycles. The Morgan fingerprint density at radius 3 is 2.34 bits per heavy atom. The van der Waals surface area contributed by atoms with Crippen molar-refractivity contribution >= 4 is 27.7 Å². The monoisotopic (exact) mass is 498 g/mol. The van der Waals surface area contributed by atoms with Gasteiger partial charge in [-0.25, -0.2) is 8.42 Å². The molecule has 0 aromatic heterocycles. The molecule has 8 heteroatoms. The van der Waals surface area contributed by atoms with E-state index in [1.54, 1.807) is 25.1 Å². The minimum atomic E-state index is -3.60. The van der Waals surface area contributed by atoms with E-state index in [2.05, 4.69) is 39.4 Å². The zero-order chi connectivity index (χ0) is 25.4. The summed E-state index contributed by atoms with van der Waals surface area (Å²) < 4.78 is 27.5. The van der Waals surface area contributed by atoms with E-state index < -0.39 is 10.0 Å². The van der Waals surface area contributed by atoms with Crippen molar-refractivity contribution in [2.45, 2.75) is 38.6 Å². The molecule has 1 unspecified atom stereocenters. The van der Waals surface area contributed by atoms with Gasteiger partial charge in [0.25, 0.3) is 0 Å². The van der Waals surface area contributed by atoms with Crippen LogP contribution in [0.2, 0.25) is 0 Å². The van der Waals surface area contributed by atoms with Gasteiger partial charge in [0, 0.05) is 51.5 Å². The topological polar surface area (TPSA) is 73.0 Å². The number of nitrogens with one attached hydrogen (secondary N) is 1. The largest absolute Gasteiger partial charge is 0.325 e. The number of aryl methyl sites for hydroxylation is 1. The number of sulfonamides is 1. The average molecular weight is 499 g/mol. The van der Waals surface area contributed by atoms with E-state index in [4.69, 9.17) is 0 Å². The van der Waals surface area contributed by atoms with Crippen molar-refractivity contribution in [2.75, 3.05) is 51.1 Å². The molecule has 0 bridgehead atoms. The average Bonchev–Trinajstić information content (AvgIpc) is 2.86. The SMILES string of the molecule is CCN(CC)S(=O)(=O)c1cc(NC(=O)C(C)N2CCN(CC=Cc3ccccc3)CC2)ccc1C. The van der Waals surface area contributed by atoms with Crippen molar-refractivity contribution in [3.8, 4) is 0 Å². The lowest BCUT2D eigenvalue weighted by molar-refractivity contribution is -0.121. The van der Waals surface area contributed by atoms with Gasteiger partial charge < -0.3 is 5.32 Å². The third kappa shape index (κ3) is 7.01. The quantitative estimate of drug-likeness (QED) is 0.541.